The highest BCUT2D eigenvalue weighted by molar-refractivity contribution is 7.07. The zero-order valence-electron chi connectivity index (χ0n) is 26.7. The number of carbonyl (C=O) groups excluding carboxylic acids is 2. The van der Waals surface area contributed by atoms with Crippen LogP contribution in [0.2, 0.25) is 0 Å². The maximum Gasteiger partial charge on any atom is 0.338 e. The summed E-state index contributed by atoms with van der Waals surface area (Å²) >= 11 is 1.22. The van der Waals surface area contributed by atoms with E-state index in [0.29, 0.717) is 38.7 Å². The minimum absolute atomic E-state index is 0.0365. The first-order valence-corrected chi connectivity index (χ1v) is 15.8. The van der Waals surface area contributed by atoms with Gasteiger partial charge in [-0.2, -0.15) is 0 Å². The fourth-order valence-electron chi connectivity index (χ4n) is 5.69. The van der Waals surface area contributed by atoms with E-state index in [1.54, 1.807) is 26.0 Å². The number of nitrogens with zero attached hydrogens (tertiary/aromatic N) is 3. The average molecular weight is 648 g/mol. The Bertz CT molecular complexity index is 2000. The first-order valence-electron chi connectivity index (χ1n) is 15.0. The molecule has 12 heteroatoms. The molecule has 1 aliphatic rings. The van der Waals surface area contributed by atoms with Gasteiger partial charge in [0, 0.05) is 34.8 Å². The van der Waals surface area contributed by atoms with Crippen molar-refractivity contribution < 1.29 is 33.3 Å². The number of ether oxygens (including phenoxy) is 5. The predicted octanol–water partition coefficient (Wildman–Crippen LogP) is 3.66. The van der Waals surface area contributed by atoms with E-state index in [2.05, 4.69) is 0 Å². The van der Waals surface area contributed by atoms with Gasteiger partial charge in [0.1, 0.15) is 19.2 Å². The van der Waals surface area contributed by atoms with E-state index < -0.39 is 12.0 Å². The minimum Gasteiger partial charge on any atom is -0.493 e. The van der Waals surface area contributed by atoms with Gasteiger partial charge >= 0.3 is 11.9 Å². The lowest BCUT2D eigenvalue weighted by Crippen LogP contribution is -2.40. The zero-order chi connectivity index (χ0) is 33.0. The number of hydrogen-bond acceptors (Lipinski definition) is 10. The van der Waals surface area contributed by atoms with Crippen molar-refractivity contribution in [2.45, 2.75) is 40.3 Å². The third kappa shape index (κ3) is 6.10. The molecule has 2 aromatic carbocycles. The van der Waals surface area contributed by atoms with Crippen molar-refractivity contribution in [1.29, 1.82) is 0 Å². The van der Waals surface area contributed by atoms with Crippen molar-refractivity contribution in [1.82, 2.24) is 9.13 Å². The molecule has 0 fully saturated rings. The lowest BCUT2D eigenvalue weighted by Gasteiger charge is -2.27. The fraction of sp³-hybridized carbons (Fsp3) is 0.353. The number of esters is 2. The lowest BCUT2D eigenvalue weighted by molar-refractivity contribution is -0.144. The molecule has 46 heavy (non-hydrogen) atoms. The summed E-state index contributed by atoms with van der Waals surface area (Å²) in [7, 11) is 3.06. The second-order valence-corrected chi connectivity index (χ2v) is 11.4. The highest BCUT2D eigenvalue weighted by Gasteiger charge is 2.36. The maximum atomic E-state index is 14.4. The van der Waals surface area contributed by atoms with Gasteiger partial charge in [-0.15, -0.1) is 0 Å². The van der Waals surface area contributed by atoms with Crippen LogP contribution in [0.1, 0.15) is 43.6 Å². The first kappa shape index (κ1) is 32.7. The fourth-order valence-corrected chi connectivity index (χ4v) is 6.72. The van der Waals surface area contributed by atoms with Crippen LogP contribution in [-0.2, 0) is 30.3 Å². The Labute approximate surface area is 269 Å². The molecule has 0 radical (unpaired) electrons. The third-order valence-corrected chi connectivity index (χ3v) is 8.71. The molecule has 0 bridgehead atoms. The standard InChI is InChI=1S/C34H37N3O8S/c1-7-43-28(38)19-36-21(4)24(22-12-9-10-14-25(22)36)18-27-32(39)37-30(23-13-11-15-26(42-6)31(23)44-8-2)29(20(3)35-34(37)46-27)33(40)45-17-16-41-5/h9-15,18,30H,7-8,16-17,19H2,1-6H3/b27-18+/t30-/m1/s1. The SMILES string of the molecule is CCOC(=O)Cn1c(C)c(/C=c2/sc3n(c2=O)[C@H](c2cccc(OC)c2OCC)C(C(=O)OCCOC)=C(C)N=3)c2ccccc21. The van der Waals surface area contributed by atoms with Crippen LogP contribution in [0.3, 0.4) is 0 Å². The molecule has 0 saturated carbocycles. The van der Waals surface area contributed by atoms with Crippen LogP contribution >= 0.6 is 11.3 Å². The summed E-state index contributed by atoms with van der Waals surface area (Å²) in [5, 5.41) is 0.886. The summed E-state index contributed by atoms with van der Waals surface area (Å²) in [6.07, 6.45) is 1.82. The van der Waals surface area contributed by atoms with Gasteiger partial charge in [-0.1, -0.05) is 41.7 Å². The Kier molecular flexibility index (Phi) is 10.1. The Balaban J connectivity index is 1.74. The first-order chi connectivity index (χ1) is 22.2. The molecule has 0 spiro atoms. The topological polar surface area (TPSA) is 120 Å². The zero-order valence-corrected chi connectivity index (χ0v) is 27.6. The van der Waals surface area contributed by atoms with Crippen molar-refractivity contribution in [2.75, 3.05) is 40.6 Å². The van der Waals surface area contributed by atoms with Gasteiger partial charge in [-0.25, -0.2) is 9.79 Å². The van der Waals surface area contributed by atoms with Gasteiger partial charge in [0.25, 0.3) is 5.56 Å². The molecule has 3 heterocycles. The summed E-state index contributed by atoms with van der Waals surface area (Å²) in [4.78, 5) is 45.6. The molecule has 1 atom stereocenters. The molecule has 5 rings (SSSR count). The number of benzene rings is 2. The summed E-state index contributed by atoms with van der Waals surface area (Å²) in [5.41, 5.74) is 3.31. The molecule has 0 unspecified atom stereocenters. The molecule has 0 saturated heterocycles. The number of aromatic nitrogens is 2. The molecule has 242 valence electrons. The van der Waals surface area contributed by atoms with Crippen molar-refractivity contribution in [3.8, 4) is 11.5 Å². The second kappa shape index (κ2) is 14.2. The largest absolute Gasteiger partial charge is 0.493 e. The van der Waals surface area contributed by atoms with Gasteiger partial charge in [-0.3, -0.25) is 14.2 Å². The Morgan fingerprint density at radius 2 is 1.78 bits per heavy atom. The molecule has 1 aliphatic heterocycles. The molecule has 0 amide bonds. The number of rotatable bonds is 12. The predicted molar refractivity (Wildman–Crippen MR) is 174 cm³/mol. The molecule has 0 aliphatic carbocycles. The Hall–Kier alpha value is -4.68. The number of thiazole rings is 1. The quantitative estimate of drug-likeness (QED) is 0.169. The molecule has 0 N–H and O–H groups in total. The Morgan fingerprint density at radius 3 is 2.50 bits per heavy atom. The third-order valence-electron chi connectivity index (χ3n) is 7.72. The van der Waals surface area contributed by atoms with Gasteiger partial charge < -0.3 is 28.3 Å². The van der Waals surface area contributed by atoms with Crippen LogP contribution in [0.15, 0.2) is 63.5 Å². The van der Waals surface area contributed by atoms with E-state index in [-0.39, 0.29) is 43.5 Å². The summed E-state index contributed by atoms with van der Waals surface area (Å²) in [6, 6.07) is 12.2. The van der Waals surface area contributed by atoms with Gasteiger partial charge in [0.05, 0.1) is 42.7 Å². The van der Waals surface area contributed by atoms with Crippen LogP contribution in [0.25, 0.3) is 17.0 Å². The molecule has 4 aromatic rings. The monoisotopic (exact) mass is 647 g/mol. The van der Waals surface area contributed by atoms with Crippen molar-refractivity contribution in [3.63, 3.8) is 0 Å². The highest BCUT2D eigenvalue weighted by Crippen LogP contribution is 2.40. The van der Waals surface area contributed by atoms with E-state index >= 15 is 0 Å². The van der Waals surface area contributed by atoms with Crippen molar-refractivity contribution >= 4 is 40.3 Å². The van der Waals surface area contributed by atoms with E-state index in [0.717, 1.165) is 22.2 Å². The van der Waals surface area contributed by atoms with E-state index in [9.17, 15) is 14.4 Å². The Morgan fingerprint density at radius 1 is 1.00 bits per heavy atom. The van der Waals surface area contributed by atoms with Gasteiger partial charge in [-0.05, 0) is 45.9 Å². The molecular formula is C34H37N3O8S. The molecular weight excluding hydrogens is 610 g/mol. The number of hydrogen-bond donors (Lipinski definition) is 0. The van der Waals surface area contributed by atoms with Crippen LogP contribution in [0.4, 0.5) is 0 Å². The number of methoxy groups -OCH3 is 2. The van der Waals surface area contributed by atoms with E-state index in [1.165, 1.54) is 30.1 Å². The summed E-state index contributed by atoms with van der Waals surface area (Å²) in [5.74, 6) is -0.0723. The van der Waals surface area contributed by atoms with E-state index in [4.69, 9.17) is 28.7 Å². The smallest absolute Gasteiger partial charge is 0.338 e. The van der Waals surface area contributed by atoms with Crippen LogP contribution in [-0.4, -0.2) is 61.7 Å². The summed E-state index contributed by atoms with van der Waals surface area (Å²) < 4.78 is 31.3. The summed E-state index contributed by atoms with van der Waals surface area (Å²) in [6.45, 7) is 8.17. The van der Waals surface area contributed by atoms with Crippen molar-refractivity contribution in [3.05, 3.63) is 90.2 Å². The maximum absolute atomic E-state index is 14.4. The van der Waals surface area contributed by atoms with Crippen LogP contribution < -0.4 is 24.4 Å². The second-order valence-electron chi connectivity index (χ2n) is 10.4. The number of carbonyl (C=O) groups is 2. The number of allylic oxidation sites excluding steroid dienone is 1. The van der Waals surface area contributed by atoms with Crippen LogP contribution in [0, 0.1) is 6.92 Å². The molecule has 11 nitrogen and oxygen atoms in total. The van der Waals surface area contributed by atoms with E-state index in [1.807, 2.05) is 54.8 Å². The van der Waals surface area contributed by atoms with Crippen LogP contribution in [0.5, 0.6) is 11.5 Å². The lowest BCUT2D eigenvalue weighted by atomic mass is 9.94. The van der Waals surface area contributed by atoms with Gasteiger partial charge in [0.2, 0.25) is 0 Å². The highest BCUT2D eigenvalue weighted by atomic mass is 32.1. The van der Waals surface area contributed by atoms with Gasteiger partial charge in [0.15, 0.2) is 16.3 Å². The minimum atomic E-state index is -0.906. The number of para-hydroxylation sites is 2. The molecule has 2 aromatic heterocycles. The average Bonchev–Trinajstić information content (AvgIpc) is 3.49. The van der Waals surface area contributed by atoms with Crippen molar-refractivity contribution in [2.24, 2.45) is 4.99 Å². The normalized spacial score (nSPS) is 14.7. The number of fused-ring (bicyclic) bond motifs is 2.